The van der Waals surface area contributed by atoms with E-state index in [9.17, 15) is 18.0 Å². The topological polar surface area (TPSA) is 97.6 Å². The Labute approximate surface area is 198 Å². The van der Waals surface area contributed by atoms with Crippen molar-refractivity contribution in [2.75, 3.05) is 10.6 Å². The normalized spacial score (nSPS) is 13.5. The van der Waals surface area contributed by atoms with Crippen LogP contribution in [0.25, 0.3) is 11.1 Å². The number of anilines is 3. The number of carbonyl (C=O) groups is 1. The van der Waals surface area contributed by atoms with E-state index in [1.807, 2.05) is 23.0 Å². The fourth-order valence-corrected chi connectivity index (χ4v) is 3.48. The van der Waals surface area contributed by atoms with Crippen LogP contribution in [0.15, 0.2) is 67.5 Å². The van der Waals surface area contributed by atoms with Gasteiger partial charge in [0.25, 0.3) is 0 Å². The van der Waals surface area contributed by atoms with Crippen LogP contribution in [0, 0.1) is 0 Å². The summed E-state index contributed by atoms with van der Waals surface area (Å²) in [6.45, 7) is 0. The van der Waals surface area contributed by atoms with Gasteiger partial charge in [-0.15, -0.1) is 0 Å². The molecule has 178 valence electrons. The number of aromatic nitrogens is 5. The molecule has 0 spiro atoms. The average molecular weight is 479 g/mol. The summed E-state index contributed by atoms with van der Waals surface area (Å²) in [6, 6.07) is 8.57. The number of rotatable bonds is 7. The van der Waals surface area contributed by atoms with Crippen LogP contribution in [0.1, 0.15) is 30.0 Å². The van der Waals surface area contributed by atoms with Crippen LogP contribution < -0.4 is 10.6 Å². The predicted molar refractivity (Wildman–Crippen MR) is 123 cm³/mol. The lowest BCUT2D eigenvalue weighted by atomic mass is 10.0. The number of halogens is 3. The molecule has 3 heterocycles. The molecular weight excluding hydrogens is 459 g/mol. The molecule has 0 atom stereocenters. The summed E-state index contributed by atoms with van der Waals surface area (Å²) in [5, 5.41) is 9.91. The molecule has 1 aliphatic carbocycles. The van der Waals surface area contributed by atoms with Crippen LogP contribution in [0.2, 0.25) is 0 Å². The lowest BCUT2D eigenvalue weighted by Gasteiger charge is -2.09. The van der Waals surface area contributed by atoms with Gasteiger partial charge in [-0.25, -0.2) is 9.97 Å². The van der Waals surface area contributed by atoms with Gasteiger partial charge in [-0.05, 0) is 30.0 Å². The van der Waals surface area contributed by atoms with Crippen LogP contribution in [0.3, 0.4) is 0 Å². The quantitative estimate of drug-likeness (QED) is 0.387. The van der Waals surface area contributed by atoms with Crippen molar-refractivity contribution in [3.05, 3.63) is 78.6 Å². The molecule has 1 saturated carbocycles. The molecule has 3 aromatic heterocycles. The van der Waals surface area contributed by atoms with E-state index >= 15 is 0 Å². The van der Waals surface area contributed by atoms with Crippen molar-refractivity contribution in [1.29, 1.82) is 0 Å². The molecule has 11 heteroatoms. The van der Waals surface area contributed by atoms with Gasteiger partial charge in [0.05, 0.1) is 41.8 Å². The van der Waals surface area contributed by atoms with Gasteiger partial charge in [0.15, 0.2) is 0 Å². The fourth-order valence-electron chi connectivity index (χ4n) is 3.48. The third-order valence-electron chi connectivity index (χ3n) is 5.43. The Bertz CT molecular complexity index is 1330. The first kappa shape index (κ1) is 22.5. The van der Waals surface area contributed by atoms with Gasteiger partial charge in [-0.2, -0.15) is 18.3 Å². The molecule has 0 aliphatic heterocycles. The fraction of sp³-hybridized carbons (Fsp3) is 0.208. The zero-order valence-corrected chi connectivity index (χ0v) is 18.3. The van der Waals surface area contributed by atoms with Crippen molar-refractivity contribution in [3.63, 3.8) is 0 Å². The van der Waals surface area contributed by atoms with Gasteiger partial charge in [0.2, 0.25) is 11.9 Å². The summed E-state index contributed by atoms with van der Waals surface area (Å²) in [6.07, 6.45) is 6.75. The summed E-state index contributed by atoms with van der Waals surface area (Å²) < 4.78 is 40.4. The van der Waals surface area contributed by atoms with Crippen molar-refractivity contribution < 1.29 is 18.0 Å². The predicted octanol–water partition coefficient (Wildman–Crippen LogP) is 5.01. The minimum absolute atomic E-state index is 0.00439. The maximum atomic E-state index is 12.8. The Morgan fingerprint density at radius 2 is 1.71 bits per heavy atom. The summed E-state index contributed by atoms with van der Waals surface area (Å²) >= 11 is 0. The van der Waals surface area contributed by atoms with Gasteiger partial charge in [0.1, 0.15) is 0 Å². The van der Waals surface area contributed by atoms with E-state index < -0.39 is 17.6 Å². The molecule has 5 rings (SSSR count). The molecule has 2 N–H and O–H groups in total. The van der Waals surface area contributed by atoms with Gasteiger partial charge in [-0.1, -0.05) is 24.3 Å². The molecule has 0 unspecified atom stereocenters. The Morgan fingerprint density at radius 1 is 0.971 bits per heavy atom. The monoisotopic (exact) mass is 479 g/mol. The van der Waals surface area contributed by atoms with Crippen molar-refractivity contribution >= 4 is 23.2 Å². The molecule has 0 bridgehead atoms. The molecular formula is C24H20F3N7O. The van der Waals surface area contributed by atoms with Crippen LogP contribution >= 0.6 is 0 Å². The average Bonchev–Trinajstić information content (AvgIpc) is 3.58. The van der Waals surface area contributed by atoms with Crippen molar-refractivity contribution in [2.45, 2.75) is 31.5 Å². The number of pyridine rings is 1. The Kier molecular flexibility index (Phi) is 5.89. The van der Waals surface area contributed by atoms with E-state index in [-0.39, 0.29) is 12.1 Å². The molecule has 8 nitrogen and oxygen atoms in total. The Hall–Kier alpha value is -4.28. The summed E-state index contributed by atoms with van der Waals surface area (Å²) in [7, 11) is 0. The number of nitrogens with one attached hydrogen (secondary N) is 2. The number of alkyl halides is 3. The van der Waals surface area contributed by atoms with Gasteiger partial charge < -0.3 is 10.6 Å². The third kappa shape index (κ3) is 5.62. The Morgan fingerprint density at radius 3 is 2.40 bits per heavy atom. The molecule has 0 saturated heterocycles. The highest BCUT2D eigenvalue weighted by Crippen LogP contribution is 2.34. The van der Waals surface area contributed by atoms with Gasteiger partial charge in [-0.3, -0.25) is 14.5 Å². The lowest BCUT2D eigenvalue weighted by Crippen LogP contribution is -2.15. The van der Waals surface area contributed by atoms with E-state index in [1.54, 1.807) is 30.7 Å². The number of benzene rings is 1. The number of carbonyl (C=O) groups excluding carboxylic acids is 1. The first-order valence-electron chi connectivity index (χ1n) is 10.9. The first-order chi connectivity index (χ1) is 16.8. The van der Waals surface area contributed by atoms with Crippen molar-refractivity contribution in [1.82, 2.24) is 24.7 Å². The zero-order chi connectivity index (χ0) is 24.4. The number of amides is 1. The summed E-state index contributed by atoms with van der Waals surface area (Å²) in [5.74, 6) is 0.0177. The van der Waals surface area contributed by atoms with E-state index in [0.717, 1.165) is 35.7 Å². The van der Waals surface area contributed by atoms with E-state index in [1.165, 1.54) is 6.20 Å². The SMILES string of the molecule is O=C(Cc1ccc(-c2cnc(Nc3cnn(C4CC4)c3)nc2)cc1)Nc1cncc(C(F)(F)F)c1. The smallest absolute Gasteiger partial charge is 0.324 e. The summed E-state index contributed by atoms with van der Waals surface area (Å²) in [4.78, 5) is 24.5. The maximum absolute atomic E-state index is 12.8. The molecule has 1 aliphatic rings. The molecule has 1 fully saturated rings. The van der Waals surface area contributed by atoms with Crippen LogP contribution in [0.4, 0.5) is 30.5 Å². The molecule has 0 radical (unpaired) electrons. The van der Waals surface area contributed by atoms with Crippen molar-refractivity contribution in [3.8, 4) is 11.1 Å². The van der Waals surface area contributed by atoms with Crippen LogP contribution in [0.5, 0.6) is 0 Å². The number of hydrogen-bond donors (Lipinski definition) is 2. The second-order valence-electron chi connectivity index (χ2n) is 8.24. The molecule has 1 amide bonds. The lowest BCUT2D eigenvalue weighted by molar-refractivity contribution is -0.137. The highest BCUT2D eigenvalue weighted by Gasteiger charge is 2.31. The highest BCUT2D eigenvalue weighted by molar-refractivity contribution is 5.92. The minimum atomic E-state index is -4.53. The third-order valence-corrected chi connectivity index (χ3v) is 5.43. The summed E-state index contributed by atoms with van der Waals surface area (Å²) in [5.41, 5.74) is 2.27. The second-order valence-corrected chi connectivity index (χ2v) is 8.24. The molecule has 1 aromatic carbocycles. The number of nitrogens with zero attached hydrogens (tertiary/aromatic N) is 5. The van der Waals surface area contributed by atoms with Gasteiger partial charge in [0, 0.05) is 30.4 Å². The zero-order valence-electron chi connectivity index (χ0n) is 18.3. The van der Waals surface area contributed by atoms with Crippen molar-refractivity contribution in [2.24, 2.45) is 0 Å². The molecule has 4 aromatic rings. The minimum Gasteiger partial charge on any atom is -0.324 e. The van der Waals surface area contributed by atoms with E-state index in [4.69, 9.17) is 0 Å². The van der Waals surface area contributed by atoms with Crippen LogP contribution in [-0.2, 0) is 17.4 Å². The highest BCUT2D eigenvalue weighted by atomic mass is 19.4. The maximum Gasteiger partial charge on any atom is 0.417 e. The second kappa shape index (κ2) is 9.16. The van der Waals surface area contributed by atoms with Gasteiger partial charge >= 0.3 is 6.18 Å². The largest absolute Gasteiger partial charge is 0.417 e. The van der Waals surface area contributed by atoms with E-state index in [2.05, 4.69) is 30.7 Å². The standard InChI is InChI=1S/C24H20F3N7O/c25-24(26,27)18-8-19(12-28-11-18)32-22(35)7-15-1-3-16(4-2-15)17-9-29-23(30-10-17)33-20-13-31-34(14-20)21-5-6-21/h1-4,8-14,21H,5-7H2,(H,32,35)(H,29,30,33). The number of hydrogen-bond acceptors (Lipinski definition) is 6. The molecule has 35 heavy (non-hydrogen) atoms. The first-order valence-corrected chi connectivity index (χ1v) is 10.9. The van der Waals surface area contributed by atoms with Crippen LogP contribution in [-0.4, -0.2) is 30.6 Å². The Balaban J connectivity index is 1.18. The van der Waals surface area contributed by atoms with E-state index in [0.29, 0.717) is 23.8 Å².